The van der Waals surface area contributed by atoms with E-state index < -0.39 is 0 Å². The Morgan fingerprint density at radius 3 is 2.62 bits per heavy atom. The third-order valence-electron chi connectivity index (χ3n) is 3.92. The largest absolute Gasteiger partial charge is 0.508 e. The highest BCUT2D eigenvalue weighted by Crippen LogP contribution is 2.42. The van der Waals surface area contributed by atoms with Gasteiger partial charge in [-0.05, 0) is 42.9 Å². The number of nitrogens with one attached hydrogen (secondary N) is 1. The molecule has 0 saturated carbocycles. The molecule has 21 heavy (non-hydrogen) atoms. The fourth-order valence-corrected chi connectivity index (χ4v) is 2.74. The van der Waals surface area contributed by atoms with Crippen molar-refractivity contribution in [1.82, 2.24) is 5.32 Å². The standard InChI is InChI=1S/C17H19NO3/c1-18-15-10-17(11-3-5-12(19)6-4-11)21-16-8-7-13(20-2)9-14(15)16/h3-9,15,17-19H,10H2,1-2H3. The smallest absolute Gasteiger partial charge is 0.126 e. The molecular formula is C17H19NO3. The molecule has 4 nitrogen and oxygen atoms in total. The van der Waals surface area contributed by atoms with Gasteiger partial charge in [0.2, 0.25) is 0 Å². The SMILES string of the molecule is CNC1CC(c2ccc(O)cc2)Oc2ccc(OC)cc21. The maximum absolute atomic E-state index is 9.40. The summed E-state index contributed by atoms with van der Waals surface area (Å²) in [5, 5.41) is 12.7. The predicted octanol–water partition coefficient (Wildman–Crippen LogP) is 3.19. The molecule has 2 aromatic carbocycles. The van der Waals surface area contributed by atoms with Crippen molar-refractivity contribution in [2.75, 3.05) is 14.2 Å². The molecule has 4 heteroatoms. The Kier molecular flexibility index (Phi) is 3.71. The molecule has 0 radical (unpaired) electrons. The van der Waals surface area contributed by atoms with Crippen LogP contribution in [0.25, 0.3) is 0 Å². The number of phenols is 1. The van der Waals surface area contributed by atoms with E-state index in [-0.39, 0.29) is 17.9 Å². The van der Waals surface area contributed by atoms with Crippen LogP contribution < -0.4 is 14.8 Å². The van der Waals surface area contributed by atoms with Gasteiger partial charge in [-0.2, -0.15) is 0 Å². The molecule has 0 saturated heterocycles. The molecule has 0 aromatic heterocycles. The second-order valence-corrected chi connectivity index (χ2v) is 5.18. The van der Waals surface area contributed by atoms with Gasteiger partial charge in [-0.1, -0.05) is 12.1 Å². The Labute approximate surface area is 124 Å². The van der Waals surface area contributed by atoms with E-state index in [1.54, 1.807) is 19.2 Å². The molecule has 2 aromatic rings. The lowest BCUT2D eigenvalue weighted by atomic mass is 9.93. The molecule has 2 atom stereocenters. The zero-order valence-corrected chi connectivity index (χ0v) is 12.2. The van der Waals surface area contributed by atoms with E-state index in [0.29, 0.717) is 0 Å². The number of ether oxygens (including phenoxy) is 2. The number of hydrogen-bond donors (Lipinski definition) is 2. The van der Waals surface area contributed by atoms with Crippen LogP contribution in [0, 0.1) is 0 Å². The average molecular weight is 285 g/mol. The lowest BCUT2D eigenvalue weighted by molar-refractivity contribution is 0.153. The number of aromatic hydroxyl groups is 1. The van der Waals surface area contributed by atoms with Crippen LogP contribution in [0.4, 0.5) is 0 Å². The van der Waals surface area contributed by atoms with Crippen molar-refractivity contribution in [1.29, 1.82) is 0 Å². The van der Waals surface area contributed by atoms with E-state index in [1.807, 2.05) is 37.4 Å². The molecular weight excluding hydrogens is 266 g/mol. The van der Waals surface area contributed by atoms with Gasteiger partial charge in [0, 0.05) is 18.0 Å². The van der Waals surface area contributed by atoms with Gasteiger partial charge < -0.3 is 19.9 Å². The molecule has 2 unspecified atom stereocenters. The fraction of sp³-hybridized carbons (Fsp3) is 0.294. The monoisotopic (exact) mass is 285 g/mol. The van der Waals surface area contributed by atoms with Crippen molar-refractivity contribution in [2.45, 2.75) is 18.6 Å². The van der Waals surface area contributed by atoms with Gasteiger partial charge in [0.05, 0.1) is 7.11 Å². The molecule has 1 aliphatic rings. The second kappa shape index (κ2) is 5.66. The molecule has 3 rings (SSSR count). The number of benzene rings is 2. The number of phenolic OH excluding ortho intramolecular Hbond substituents is 1. The van der Waals surface area contributed by atoms with E-state index in [2.05, 4.69) is 5.32 Å². The number of methoxy groups -OCH3 is 1. The molecule has 0 fully saturated rings. The van der Waals surface area contributed by atoms with Crippen LogP contribution >= 0.6 is 0 Å². The Bertz CT molecular complexity index is 624. The summed E-state index contributed by atoms with van der Waals surface area (Å²) in [4.78, 5) is 0. The van der Waals surface area contributed by atoms with Gasteiger partial charge in [0.15, 0.2) is 0 Å². The summed E-state index contributed by atoms with van der Waals surface area (Å²) in [6, 6.07) is 13.3. The van der Waals surface area contributed by atoms with E-state index in [0.717, 1.165) is 29.0 Å². The minimum Gasteiger partial charge on any atom is -0.508 e. The number of fused-ring (bicyclic) bond motifs is 1. The Balaban J connectivity index is 1.93. The van der Waals surface area contributed by atoms with Crippen LogP contribution in [-0.2, 0) is 0 Å². The lowest BCUT2D eigenvalue weighted by Crippen LogP contribution is -2.26. The molecule has 0 amide bonds. The first-order valence-corrected chi connectivity index (χ1v) is 7.02. The molecule has 1 heterocycles. The maximum Gasteiger partial charge on any atom is 0.126 e. The maximum atomic E-state index is 9.40. The highest BCUT2D eigenvalue weighted by molar-refractivity contribution is 5.44. The van der Waals surface area contributed by atoms with Crippen molar-refractivity contribution < 1.29 is 14.6 Å². The molecule has 0 spiro atoms. The van der Waals surface area contributed by atoms with Gasteiger partial charge in [-0.15, -0.1) is 0 Å². The predicted molar refractivity (Wildman–Crippen MR) is 80.9 cm³/mol. The third-order valence-corrected chi connectivity index (χ3v) is 3.92. The van der Waals surface area contributed by atoms with Gasteiger partial charge >= 0.3 is 0 Å². The van der Waals surface area contributed by atoms with Crippen molar-refractivity contribution in [3.8, 4) is 17.2 Å². The number of rotatable bonds is 3. The average Bonchev–Trinajstić information content (AvgIpc) is 2.54. The molecule has 0 bridgehead atoms. The van der Waals surface area contributed by atoms with Crippen molar-refractivity contribution >= 4 is 0 Å². The Morgan fingerprint density at radius 2 is 1.95 bits per heavy atom. The van der Waals surface area contributed by atoms with E-state index in [4.69, 9.17) is 9.47 Å². The van der Waals surface area contributed by atoms with Gasteiger partial charge in [-0.3, -0.25) is 0 Å². The van der Waals surface area contributed by atoms with Crippen LogP contribution in [0.2, 0.25) is 0 Å². The summed E-state index contributed by atoms with van der Waals surface area (Å²) < 4.78 is 11.4. The summed E-state index contributed by atoms with van der Waals surface area (Å²) >= 11 is 0. The Hall–Kier alpha value is -2.20. The minimum absolute atomic E-state index is 0.0241. The van der Waals surface area contributed by atoms with Gasteiger partial charge in [-0.25, -0.2) is 0 Å². The van der Waals surface area contributed by atoms with Crippen LogP contribution in [0.1, 0.15) is 29.7 Å². The summed E-state index contributed by atoms with van der Waals surface area (Å²) in [6.45, 7) is 0. The Morgan fingerprint density at radius 1 is 1.19 bits per heavy atom. The fourth-order valence-electron chi connectivity index (χ4n) is 2.74. The first-order chi connectivity index (χ1) is 10.2. The van der Waals surface area contributed by atoms with E-state index in [1.165, 1.54) is 0 Å². The molecule has 0 aliphatic carbocycles. The minimum atomic E-state index is -0.0241. The van der Waals surface area contributed by atoms with Crippen LogP contribution in [0.15, 0.2) is 42.5 Å². The third kappa shape index (κ3) is 2.67. The summed E-state index contributed by atoms with van der Waals surface area (Å²) in [7, 11) is 3.62. The summed E-state index contributed by atoms with van der Waals surface area (Å²) in [5.41, 5.74) is 2.18. The molecule has 1 aliphatic heterocycles. The molecule has 2 N–H and O–H groups in total. The van der Waals surface area contributed by atoms with Crippen LogP contribution in [-0.4, -0.2) is 19.3 Å². The van der Waals surface area contributed by atoms with Crippen LogP contribution in [0.5, 0.6) is 17.2 Å². The van der Waals surface area contributed by atoms with Crippen LogP contribution in [0.3, 0.4) is 0 Å². The van der Waals surface area contributed by atoms with Gasteiger partial charge in [0.1, 0.15) is 23.4 Å². The van der Waals surface area contributed by atoms with Crippen molar-refractivity contribution in [3.05, 3.63) is 53.6 Å². The van der Waals surface area contributed by atoms with Crippen molar-refractivity contribution in [3.63, 3.8) is 0 Å². The normalized spacial score (nSPS) is 20.5. The first kappa shape index (κ1) is 13.8. The first-order valence-electron chi connectivity index (χ1n) is 7.02. The zero-order chi connectivity index (χ0) is 14.8. The number of hydrogen-bond acceptors (Lipinski definition) is 4. The van der Waals surface area contributed by atoms with E-state index in [9.17, 15) is 5.11 Å². The molecule has 110 valence electrons. The lowest BCUT2D eigenvalue weighted by Gasteiger charge is -2.32. The highest BCUT2D eigenvalue weighted by atomic mass is 16.5. The van der Waals surface area contributed by atoms with E-state index >= 15 is 0 Å². The van der Waals surface area contributed by atoms with Crippen molar-refractivity contribution in [2.24, 2.45) is 0 Å². The quantitative estimate of drug-likeness (QED) is 0.909. The van der Waals surface area contributed by atoms with Gasteiger partial charge in [0.25, 0.3) is 0 Å². The zero-order valence-electron chi connectivity index (χ0n) is 12.2. The summed E-state index contributed by atoms with van der Waals surface area (Å²) in [5.74, 6) is 1.98. The second-order valence-electron chi connectivity index (χ2n) is 5.18. The topological polar surface area (TPSA) is 50.7 Å². The highest BCUT2D eigenvalue weighted by Gasteiger charge is 2.28. The summed E-state index contributed by atoms with van der Waals surface area (Å²) in [6.07, 6.45) is 0.811.